The Hall–Kier alpha value is -2.15. The average Bonchev–Trinajstić information content (AvgIpc) is 2.38. The van der Waals surface area contributed by atoms with Gasteiger partial charge in [-0.25, -0.2) is 9.97 Å². The molecule has 2 aromatic heterocycles. The van der Waals surface area contributed by atoms with Gasteiger partial charge >= 0.3 is 6.18 Å². The van der Waals surface area contributed by atoms with Crippen LogP contribution in [-0.4, -0.2) is 15.9 Å². The first-order chi connectivity index (χ1) is 9.38. The normalized spacial score (nSPS) is 11.2. The molecule has 1 amide bonds. The quantitative estimate of drug-likeness (QED) is 0.925. The van der Waals surface area contributed by atoms with Crippen molar-refractivity contribution in [2.75, 3.05) is 5.32 Å². The average molecular weight is 302 g/mol. The zero-order valence-corrected chi connectivity index (χ0v) is 10.5. The maximum absolute atomic E-state index is 12.5. The maximum atomic E-state index is 12.5. The van der Waals surface area contributed by atoms with Gasteiger partial charge in [0.15, 0.2) is 0 Å². The molecule has 8 heteroatoms. The van der Waals surface area contributed by atoms with Gasteiger partial charge < -0.3 is 5.32 Å². The minimum absolute atomic E-state index is 0.0895. The zero-order valence-electron chi connectivity index (χ0n) is 9.78. The van der Waals surface area contributed by atoms with Gasteiger partial charge in [-0.05, 0) is 24.3 Å². The van der Waals surface area contributed by atoms with E-state index in [4.69, 9.17) is 11.6 Å². The molecule has 20 heavy (non-hydrogen) atoms. The van der Waals surface area contributed by atoms with Gasteiger partial charge in [0.1, 0.15) is 17.2 Å². The molecular formula is C12H7ClF3N3O. The maximum Gasteiger partial charge on any atom is 0.433 e. The first-order valence-corrected chi connectivity index (χ1v) is 5.72. The van der Waals surface area contributed by atoms with Gasteiger partial charge in [0.25, 0.3) is 5.91 Å². The van der Waals surface area contributed by atoms with Crippen LogP contribution >= 0.6 is 11.6 Å². The number of amides is 1. The summed E-state index contributed by atoms with van der Waals surface area (Å²) < 4.78 is 37.5. The lowest BCUT2D eigenvalue weighted by atomic mass is 10.3. The third kappa shape index (κ3) is 3.24. The first kappa shape index (κ1) is 14.3. The van der Waals surface area contributed by atoms with Crippen LogP contribution in [0.4, 0.5) is 19.0 Å². The molecule has 0 aliphatic rings. The summed E-state index contributed by atoms with van der Waals surface area (Å²) >= 11 is 5.77. The second-order valence-corrected chi connectivity index (χ2v) is 4.10. The van der Waals surface area contributed by atoms with E-state index in [2.05, 4.69) is 15.3 Å². The van der Waals surface area contributed by atoms with E-state index in [1.807, 2.05) is 0 Å². The second-order valence-electron chi connectivity index (χ2n) is 3.69. The molecule has 0 aliphatic heterocycles. The highest BCUT2D eigenvalue weighted by atomic mass is 35.5. The van der Waals surface area contributed by atoms with E-state index in [0.29, 0.717) is 0 Å². The summed E-state index contributed by atoms with van der Waals surface area (Å²) in [6, 6.07) is 6.17. The number of hydrogen-bond acceptors (Lipinski definition) is 3. The molecule has 0 spiro atoms. The van der Waals surface area contributed by atoms with Gasteiger partial charge in [-0.15, -0.1) is 0 Å². The van der Waals surface area contributed by atoms with Crippen molar-refractivity contribution in [2.45, 2.75) is 6.18 Å². The van der Waals surface area contributed by atoms with E-state index in [1.54, 1.807) is 0 Å². The van der Waals surface area contributed by atoms with Crippen molar-refractivity contribution in [3.05, 3.63) is 52.9 Å². The third-order valence-corrected chi connectivity index (χ3v) is 2.56. The van der Waals surface area contributed by atoms with Crippen LogP contribution in [-0.2, 0) is 6.18 Å². The van der Waals surface area contributed by atoms with E-state index < -0.39 is 17.8 Å². The van der Waals surface area contributed by atoms with Crippen molar-refractivity contribution < 1.29 is 18.0 Å². The van der Waals surface area contributed by atoms with E-state index in [1.165, 1.54) is 24.4 Å². The largest absolute Gasteiger partial charge is 0.433 e. The summed E-state index contributed by atoms with van der Waals surface area (Å²) in [5.74, 6) is -0.964. The predicted molar refractivity (Wildman–Crippen MR) is 66.4 cm³/mol. The number of carbonyl (C=O) groups excluding carboxylic acids is 1. The van der Waals surface area contributed by atoms with Crippen molar-refractivity contribution in [3.63, 3.8) is 0 Å². The minimum atomic E-state index is -4.58. The molecule has 2 heterocycles. The Morgan fingerprint density at radius 1 is 1.20 bits per heavy atom. The number of anilines is 1. The second kappa shape index (κ2) is 5.46. The number of halogens is 4. The monoisotopic (exact) mass is 301 g/mol. The van der Waals surface area contributed by atoms with E-state index >= 15 is 0 Å². The Morgan fingerprint density at radius 2 is 1.95 bits per heavy atom. The molecular weight excluding hydrogens is 295 g/mol. The first-order valence-electron chi connectivity index (χ1n) is 5.34. The molecule has 0 saturated carbocycles. The molecule has 0 atom stereocenters. The highest BCUT2D eigenvalue weighted by molar-refractivity contribution is 6.34. The molecule has 1 N–H and O–H groups in total. The molecule has 0 fully saturated rings. The molecule has 0 bridgehead atoms. The van der Waals surface area contributed by atoms with Gasteiger partial charge in [-0.1, -0.05) is 17.7 Å². The lowest BCUT2D eigenvalue weighted by molar-refractivity contribution is -0.141. The number of pyridine rings is 2. The Kier molecular flexibility index (Phi) is 3.89. The molecule has 0 unspecified atom stereocenters. The minimum Gasteiger partial charge on any atom is -0.305 e. The summed E-state index contributed by atoms with van der Waals surface area (Å²) in [5.41, 5.74) is -1.18. The summed E-state index contributed by atoms with van der Waals surface area (Å²) in [5, 5.41) is 2.31. The number of nitrogens with zero attached hydrogens (tertiary/aromatic N) is 2. The SMILES string of the molecule is O=C(Nc1cccc(C(F)(F)F)n1)c1ncccc1Cl. The van der Waals surface area contributed by atoms with Gasteiger partial charge in [0.2, 0.25) is 0 Å². The smallest absolute Gasteiger partial charge is 0.305 e. The summed E-state index contributed by atoms with van der Waals surface area (Å²) in [7, 11) is 0. The Bertz CT molecular complexity index is 646. The fraction of sp³-hybridized carbons (Fsp3) is 0.0833. The number of nitrogens with one attached hydrogen (secondary N) is 1. The van der Waals surface area contributed by atoms with Crippen LogP contribution in [0.3, 0.4) is 0 Å². The Balaban J connectivity index is 2.23. The van der Waals surface area contributed by atoms with Gasteiger partial charge in [-0.2, -0.15) is 13.2 Å². The topological polar surface area (TPSA) is 54.9 Å². The molecule has 0 radical (unpaired) electrons. The highest BCUT2D eigenvalue weighted by Gasteiger charge is 2.32. The van der Waals surface area contributed by atoms with Crippen LogP contribution in [0, 0.1) is 0 Å². The van der Waals surface area contributed by atoms with Crippen LogP contribution < -0.4 is 5.32 Å². The fourth-order valence-electron chi connectivity index (χ4n) is 1.39. The number of carbonyl (C=O) groups is 1. The van der Waals surface area contributed by atoms with Crippen molar-refractivity contribution in [1.82, 2.24) is 9.97 Å². The molecule has 0 saturated heterocycles. The number of hydrogen-bond donors (Lipinski definition) is 1. The third-order valence-electron chi connectivity index (χ3n) is 2.25. The lowest BCUT2D eigenvalue weighted by Gasteiger charge is -2.08. The molecule has 2 rings (SSSR count). The highest BCUT2D eigenvalue weighted by Crippen LogP contribution is 2.28. The van der Waals surface area contributed by atoms with Crippen LogP contribution in [0.5, 0.6) is 0 Å². The zero-order chi connectivity index (χ0) is 14.8. The van der Waals surface area contributed by atoms with Crippen molar-refractivity contribution in [2.24, 2.45) is 0 Å². The molecule has 0 aliphatic carbocycles. The number of alkyl halides is 3. The standard InChI is InChI=1S/C12H7ClF3N3O/c13-7-3-2-6-17-10(7)11(20)19-9-5-1-4-8(18-9)12(14,15)16/h1-6H,(H,18,19,20). The summed E-state index contributed by atoms with van der Waals surface area (Å²) in [4.78, 5) is 18.9. The van der Waals surface area contributed by atoms with Gasteiger partial charge in [0, 0.05) is 6.20 Å². The van der Waals surface area contributed by atoms with Crippen LogP contribution in [0.2, 0.25) is 5.02 Å². The summed E-state index contributed by atoms with van der Waals surface area (Å²) in [6.45, 7) is 0. The van der Waals surface area contributed by atoms with Crippen molar-refractivity contribution >= 4 is 23.3 Å². The van der Waals surface area contributed by atoms with Gasteiger partial charge in [0.05, 0.1) is 5.02 Å². The van der Waals surface area contributed by atoms with E-state index in [-0.39, 0.29) is 16.5 Å². The van der Waals surface area contributed by atoms with Crippen LogP contribution in [0.1, 0.15) is 16.2 Å². The summed E-state index contributed by atoms with van der Waals surface area (Å²) in [6.07, 6.45) is -3.23. The number of aromatic nitrogens is 2. The molecule has 104 valence electrons. The van der Waals surface area contributed by atoms with Crippen molar-refractivity contribution in [3.8, 4) is 0 Å². The van der Waals surface area contributed by atoms with E-state index in [9.17, 15) is 18.0 Å². The Morgan fingerprint density at radius 3 is 2.60 bits per heavy atom. The lowest BCUT2D eigenvalue weighted by Crippen LogP contribution is -2.16. The van der Waals surface area contributed by atoms with Crippen LogP contribution in [0.25, 0.3) is 0 Å². The fourth-order valence-corrected chi connectivity index (χ4v) is 1.60. The molecule has 4 nitrogen and oxygen atoms in total. The van der Waals surface area contributed by atoms with E-state index in [0.717, 1.165) is 12.1 Å². The number of rotatable bonds is 2. The molecule has 0 aromatic carbocycles. The Labute approximate surface area is 116 Å². The van der Waals surface area contributed by atoms with Crippen LogP contribution in [0.15, 0.2) is 36.5 Å². The predicted octanol–water partition coefficient (Wildman–Crippen LogP) is 3.40. The van der Waals surface area contributed by atoms with Crippen molar-refractivity contribution in [1.29, 1.82) is 0 Å². The van der Waals surface area contributed by atoms with Gasteiger partial charge in [-0.3, -0.25) is 4.79 Å². The molecule has 2 aromatic rings.